The average molecular weight is 396 g/mol. The quantitative estimate of drug-likeness (QED) is 0.345. The normalized spacial score (nSPS) is 11.0. The second-order valence-electron chi connectivity index (χ2n) is 5.84. The van der Waals surface area contributed by atoms with Gasteiger partial charge in [-0.15, -0.1) is 0 Å². The SMILES string of the molecule is CCCCCOC(=O)c1ccc(OC(=O)Oc2ccc(C(F)(F)F)cc2)cc1. The number of alkyl halides is 3. The summed E-state index contributed by atoms with van der Waals surface area (Å²) in [6.45, 7) is 2.38. The van der Waals surface area contributed by atoms with E-state index in [1.807, 2.05) is 6.92 Å². The lowest BCUT2D eigenvalue weighted by Gasteiger charge is -2.09. The molecule has 0 radical (unpaired) electrons. The number of carbonyl (C=O) groups is 2. The van der Waals surface area contributed by atoms with E-state index in [0.29, 0.717) is 12.2 Å². The van der Waals surface area contributed by atoms with Crippen LogP contribution in [0.1, 0.15) is 42.1 Å². The molecule has 0 aliphatic rings. The highest BCUT2D eigenvalue weighted by Gasteiger charge is 2.30. The minimum absolute atomic E-state index is 0.0923. The van der Waals surface area contributed by atoms with Gasteiger partial charge in [0.05, 0.1) is 17.7 Å². The zero-order valence-electron chi connectivity index (χ0n) is 15.1. The van der Waals surface area contributed by atoms with Crippen LogP contribution in [-0.4, -0.2) is 18.7 Å². The van der Waals surface area contributed by atoms with Crippen LogP contribution in [0.5, 0.6) is 11.5 Å². The molecule has 8 heteroatoms. The monoisotopic (exact) mass is 396 g/mol. The Balaban J connectivity index is 1.86. The smallest absolute Gasteiger partial charge is 0.462 e. The Bertz CT molecular complexity index is 783. The Morgan fingerprint density at radius 2 is 1.39 bits per heavy atom. The minimum atomic E-state index is -4.47. The predicted molar refractivity (Wildman–Crippen MR) is 94.3 cm³/mol. The van der Waals surface area contributed by atoms with Gasteiger partial charge in [0.1, 0.15) is 11.5 Å². The maximum atomic E-state index is 12.5. The van der Waals surface area contributed by atoms with Crippen molar-refractivity contribution in [1.29, 1.82) is 0 Å². The Hall–Kier alpha value is -3.03. The molecule has 0 atom stereocenters. The molecular weight excluding hydrogens is 377 g/mol. The molecule has 2 aromatic rings. The molecule has 0 saturated heterocycles. The maximum absolute atomic E-state index is 12.5. The van der Waals surface area contributed by atoms with Crippen molar-refractivity contribution in [3.63, 3.8) is 0 Å². The van der Waals surface area contributed by atoms with E-state index < -0.39 is 23.9 Å². The largest absolute Gasteiger partial charge is 0.519 e. The Morgan fingerprint density at radius 1 is 0.857 bits per heavy atom. The van der Waals surface area contributed by atoms with Gasteiger partial charge in [-0.3, -0.25) is 0 Å². The fourth-order valence-corrected chi connectivity index (χ4v) is 2.18. The van der Waals surface area contributed by atoms with E-state index in [1.54, 1.807) is 0 Å². The fraction of sp³-hybridized carbons (Fsp3) is 0.300. The van der Waals surface area contributed by atoms with Gasteiger partial charge in [0, 0.05) is 0 Å². The molecule has 0 heterocycles. The first-order chi connectivity index (χ1) is 13.3. The first-order valence-corrected chi connectivity index (χ1v) is 8.63. The van der Waals surface area contributed by atoms with Gasteiger partial charge in [-0.05, 0) is 55.0 Å². The maximum Gasteiger partial charge on any atom is 0.519 e. The second kappa shape index (κ2) is 9.77. The summed E-state index contributed by atoms with van der Waals surface area (Å²) in [5.41, 5.74) is -0.551. The van der Waals surface area contributed by atoms with Gasteiger partial charge in [-0.2, -0.15) is 13.2 Å². The lowest BCUT2D eigenvalue weighted by atomic mass is 10.2. The molecule has 150 valence electrons. The highest BCUT2D eigenvalue weighted by molar-refractivity contribution is 5.89. The Morgan fingerprint density at radius 3 is 1.89 bits per heavy atom. The number of ether oxygens (including phenoxy) is 3. The first kappa shape index (κ1) is 21.3. The van der Waals surface area contributed by atoms with Gasteiger partial charge in [0.15, 0.2) is 0 Å². The number of benzene rings is 2. The molecule has 28 heavy (non-hydrogen) atoms. The summed E-state index contributed by atoms with van der Waals surface area (Å²) in [6, 6.07) is 9.26. The van der Waals surface area contributed by atoms with Crippen molar-refractivity contribution in [1.82, 2.24) is 0 Å². The zero-order valence-corrected chi connectivity index (χ0v) is 15.1. The summed E-state index contributed by atoms with van der Waals surface area (Å²) in [4.78, 5) is 23.6. The summed E-state index contributed by atoms with van der Waals surface area (Å²) in [5.74, 6) is -0.459. The molecule has 0 unspecified atom stereocenters. The van der Waals surface area contributed by atoms with Crippen LogP contribution in [0.15, 0.2) is 48.5 Å². The number of carbonyl (C=O) groups excluding carboxylic acids is 2. The first-order valence-electron chi connectivity index (χ1n) is 8.63. The topological polar surface area (TPSA) is 61.8 Å². The number of hydrogen-bond acceptors (Lipinski definition) is 5. The molecular formula is C20H19F3O5. The van der Waals surface area contributed by atoms with Gasteiger partial charge < -0.3 is 14.2 Å². The van der Waals surface area contributed by atoms with E-state index in [9.17, 15) is 22.8 Å². The highest BCUT2D eigenvalue weighted by atomic mass is 19.4. The second-order valence-corrected chi connectivity index (χ2v) is 5.84. The van der Waals surface area contributed by atoms with Gasteiger partial charge in [0.2, 0.25) is 0 Å². The van der Waals surface area contributed by atoms with Gasteiger partial charge in [0.25, 0.3) is 0 Å². The van der Waals surface area contributed by atoms with Crippen LogP contribution < -0.4 is 9.47 Å². The molecule has 0 aromatic heterocycles. The van der Waals surface area contributed by atoms with Crippen molar-refractivity contribution >= 4 is 12.1 Å². The minimum Gasteiger partial charge on any atom is -0.462 e. The Labute approximate surface area is 160 Å². The van der Waals surface area contributed by atoms with Crippen LogP contribution in [0.25, 0.3) is 0 Å². The van der Waals surface area contributed by atoms with Crippen molar-refractivity contribution in [2.45, 2.75) is 32.4 Å². The van der Waals surface area contributed by atoms with E-state index in [4.69, 9.17) is 14.2 Å². The van der Waals surface area contributed by atoms with Crippen molar-refractivity contribution < 1.29 is 37.0 Å². The van der Waals surface area contributed by atoms with Crippen molar-refractivity contribution in [3.8, 4) is 11.5 Å². The van der Waals surface area contributed by atoms with E-state index in [2.05, 4.69) is 0 Å². The van der Waals surface area contributed by atoms with E-state index >= 15 is 0 Å². The third-order valence-corrected chi connectivity index (χ3v) is 3.66. The van der Waals surface area contributed by atoms with E-state index in [-0.39, 0.29) is 11.5 Å². The van der Waals surface area contributed by atoms with Crippen LogP contribution in [0, 0.1) is 0 Å². The number of esters is 1. The van der Waals surface area contributed by atoms with E-state index in [0.717, 1.165) is 43.5 Å². The summed E-state index contributed by atoms with van der Waals surface area (Å²) in [5, 5.41) is 0. The number of halogens is 3. The predicted octanol–water partition coefficient (Wildman–Crippen LogP) is 5.63. The molecule has 5 nitrogen and oxygen atoms in total. The van der Waals surface area contributed by atoms with Gasteiger partial charge >= 0.3 is 18.3 Å². The van der Waals surface area contributed by atoms with E-state index in [1.165, 1.54) is 24.3 Å². The summed E-state index contributed by atoms with van der Waals surface area (Å²) in [7, 11) is 0. The van der Waals surface area contributed by atoms with Crippen LogP contribution >= 0.6 is 0 Å². The summed E-state index contributed by atoms with van der Waals surface area (Å²) < 4.78 is 52.4. The van der Waals surface area contributed by atoms with Crippen molar-refractivity contribution in [3.05, 3.63) is 59.7 Å². The standard InChI is InChI=1S/C20H19F3O5/c1-2-3-4-13-26-18(24)14-5-9-16(10-6-14)27-19(25)28-17-11-7-15(8-12-17)20(21,22)23/h5-12H,2-4,13H2,1H3. The molecule has 0 aliphatic heterocycles. The zero-order chi connectivity index (χ0) is 20.6. The molecule has 0 fully saturated rings. The molecule has 2 rings (SSSR count). The third-order valence-electron chi connectivity index (χ3n) is 3.66. The Kier molecular flexibility index (Phi) is 7.43. The molecule has 0 N–H and O–H groups in total. The van der Waals surface area contributed by atoms with Crippen LogP contribution in [0.4, 0.5) is 18.0 Å². The molecule has 0 aliphatic carbocycles. The molecule has 0 amide bonds. The average Bonchev–Trinajstić information content (AvgIpc) is 2.65. The van der Waals surface area contributed by atoms with Crippen LogP contribution in [-0.2, 0) is 10.9 Å². The summed E-state index contributed by atoms with van der Waals surface area (Å²) in [6.07, 6.45) is -2.81. The lowest BCUT2D eigenvalue weighted by Crippen LogP contribution is -2.14. The van der Waals surface area contributed by atoms with Gasteiger partial charge in [-0.1, -0.05) is 19.8 Å². The number of hydrogen-bond donors (Lipinski definition) is 0. The number of unbranched alkanes of at least 4 members (excludes halogenated alkanes) is 2. The van der Waals surface area contributed by atoms with Crippen molar-refractivity contribution in [2.24, 2.45) is 0 Å². The molecule has 0 saturated carbocycles. The van der Waals surface area contributed by atoms with Crippen molar-refractivity contribution in [2.75, 3.05) is 6.61 Å². The lowest BCUT2D eigenvalue weighted by molar-refractivity contribution is -0.137. The molecule has 0 bridgehead atoms. The highest BCUT2D eigenvalue weighted by Crippen LogP contribution is 2.30. The number of rotatable bonds is 7. The summed E-state index contributed by atoms with van der Waals surface area (Å²) >= 11 is 0. The molecule has 0 spiro atoms. The third kappa shape index (κ3) is 6.61. The van der Waals surface area contributed by atoms with Gasteiger partial charge in [-0.25, -0.2) is 9.59 Å². The molecule has 2 aromatic carbocycles. The van der Waals surface area contributed by atoms with Crippen LogP contribution in [0.3, 0.4) is 0 Å². The fourth-order valence-electron chi connectivity index (χ4n) is 2.18. The van der Waals surface area contributed by atoms with Crippen LogP contribution in [0.2, 0.25) is 0 Å².